The highest BCUT2D eigenvalue weighted by molar-refractivity contribution is 5.87. The zero-order valence-corrected chi connectivity index (χ0v) is 15.6. The number of aromatic nitrogens is 1. The molecule has 1 N–H and O–H groups in total. The van der Waals surface area contributed by atoms with Gasteiger partial charge in [0.2, 0.25) is 5.91 Å². The molecule has 2 aromatic rings. The molecule has 2 atom stereocenters. The zero-order chi connectivity index (χ0) is 19.4. The number of nitrogens with zero attached hydrogens (tertiary/aromatic N) is 2. The van der Waals surface area contributed by atoms with Crippen LogP contribution in [0.4, 0.5) is 6.01 Å². The quantitative estimate of drug-likeness (QED) is 0.774. The van der Waals surface area contributed by atoms with E-state index in [2.05, 4.69) is 10.3 Å². The normalized spacial score (nSPS) is 19.0. The Kier molecular flexibility index (Phi) is 5.63. The van der Waals surface area contributed by atoms with Crippen LogP contribution in [0.25, 0.3) is 0 Å². The molecule has 1 fully saturated rings. The first kappa shape index (κ1) is 18.8. The first-order chi connectivity index (χ1) is 13.0. The molecular formula is C19H23N3O5. The van der Waals surface area contributed by atoms with Crippen molar-refractivity contribution in [2.24, 2.45) is 0 Å². The minimum Gasteiger partial charge on any atom is -0.497 e. The average molecular weight is 373 g/mol. The fraction of sp³-hybridized carbons (Fsp3) is 0.421. The summed E-state index contributed by atoms with van der Waals surface area (Å²) in [6.45, 7) is 4.63. The molecule has 27 heavy (non-hydrogen) atoms. The summed E-state index contributed by atoms with van der Waals surface area (Å²) in [7, 11) is 1.62. The molecule has 0 aliphatic carbocycles. The molecular weight excluding hydrogens is 350 g/mol. The van der Waals surface area contributed by atoms with Crippen LogP contribution in [0.3, 0.4) is 0 Å². The first-order valence-electron chi connectivity index (χ1n) is 8.80. The maximum Gasteiger partial charge on any atom is 0.360 e. The van der Waals surface area contributed by atoms with E-state index in [0.29, 0.717) is 19.1 Å². The number of esters is 1. The van der Waals surface area contributed by atoms with Crippen LogP contribution >= 0.6 is 0 Å². The van der Waals surface area contributed by atoms with Crippen molar-refractivity contribution in [1.29, 1.82) is 0 Å². The van der Waals surface area contributed by atoms with Gasteiger partial charge >= 0.3 is 5.97 Å². The fourth-order valence-electron chi connectivity index (χ4n) is 3.26. The number of benzene rings is 1. The van der Waals surface area contributed by atoms with E-state index < -0.39 is 5.97 Å². The first-order valence-corrected chi connectivity index (χ1v) is 8.80. The number of carbonyl (C=O) groups is 2. The van der Waals surface area contributed by atoms with E-state index in [1.54, 1.807) is 14.0 Å². The minimum absolute atomic E-state index is 0.0535. The third kappa shape index (κ3) is 4.21. The van der Waals surface area contributed by atoms with Crippen LogP contribution in [0.5, 0.6) is 5.75 Å². The fourth-order valence-corrected chi connectivity index (χ4v) is 3.26. The predicted octanol–water partition coefficient (Wildman–Crippen LogP) is 1.97. The molecule has 0 saturated carbocycles. The molecule has 144 valence electrons. The Morgan fingerprint density at radius 3 is 2.67 bits per heavy atom. The largest absolute Gasteiger partial charge is 0.497 e. The van der Waals surface area contributed by atoms with Crippen LogP contribution in [-0.4, -0.2) is 49.7 Å². The van der Waals surface area contributed by atoms with Crippen LogP contribution in [0.15, 0.2) is 34.9 Å². The molecule has 2 unspecified atom stereocenters. The topological polar surface area (TPSA) is 93.9 Å². The van der Waals surface area contributed by atoms with Gasteiger partial charge in [0, 0.05) is 25.9 Å². The predicted molar refractivity (Wildman–Crippen MR) is 98.0 cm³/mol. The van der Waals surface area contributed by atoms with Gasteiger partial charge in [0.15, 0.2) is 5.69 Å². The third-order valence-electron chi connectivity index (χ3n) is 4.50. The van der Waals surface area contributed by atoms with Crippen LogP contribution in [-0.2, 0) is 9.53 Å². The van der Waals surface area contributed by atoms with Gasteiger partial charge in [-0.2, -0.15) is 4.98 Å². The molecule has 1 aromatic heterocycles. The van der Waals surface area contributed by atoms with Crippen LogP contribution in [0, 0.1) is 0 Å². The van der Waals surface area contributed by atoms with Crippen molar-refractivity contribution >= 4 is 17.9 Å². The van der Waals surface area contributed by atoms with E-state index in [9.17, 15) is 9.59 Å². The second kappa shape index (κ2) is 8.11. The minimum atomic E-state index is -0.517. The Labute approximate surface area is 157 Å². The monoisotopic (exact) mass is 373 g/mol. The van der Waals surface area contributed by atoms with Crippen molar-refractivity contribution in [3.8, 4) is 5.75 Å². The second-order valence-electron chi connectivity index (χ2n) is 6.33. The number of ether oxygens (including phenoxy) is 2. The highest BCUT2D eigenvalue weighted by Crippen LogP contribution is 2.32. The van der Waals surface area contributed by atoms with E-state index in [4.69, 9.17) is 13.9 Å². The van der Waals surface area contributed by atoms with Gasteiger partial charge in [-0.1, -0.05) is 12.1 Å². The number of anilines is 1. The van der Waals surface area contributed by atoms with Gasteiger partial charge in [0.05, 0.1) is 19.8 Å². The van der Waals surface area contributed by atoms with E-state index in [1.807, 2.05) is 29.2 Å². The summed E-state index contributed by atoms with van der Waals surface area (Å²) in [5.74, 6) is 0.214. The van der Waals surface area contributed by atoms with Crippen LogP contribution in [0.2, 0.25) is 0 Å². The van der Waals surface area contributed by atoms with Gasteiger partial charge in [-0.25, -0.2) is 4.79 Å². The summed E-state index contributed by atoms with van der Waals surface area (Å²) in [5, 5.41) is 3.00. The van der Waals surface area contributed by atoms with Crippen molar-refractivity contribution in [1.82, 2.24) is 10.3 Å². The molecule has 1 aromatic carbocycles. The van der Waals surface area contributed by atoms with Crippen LogP contribution in [0.1, 0.15) is 35.8 Å². The summed E-state index contributed by atoms with van der Waals surface area (Å²) < 4.78 is 15.6. The molecule has 8 nitrogen and oxygen atoms in total. The number of rotatable bonds is 6. The number of amides is 1. The lowest BCUT2D eigenvalue weighted by Gasteiger charge is -2.19. The van der Waals surface area contributed by atoms with Gasteiger partial charge in [-0.15, -0.1) is 0 Å². The molecule has 1 aliphatic heterocycles. The third-order valence-corrected chi connectivity index (χ3v) is 4.50. The highest BCUT2D eigenvalue weighted by Gasteiger charge is 2.36. The van der Waals surface area contributed by atoms with Crippen molar-refractivity contribution in [3.05, 3.63) is 41.8 Å². The lowest BCUT2D eigenvalue weighted by Crippen LogP contribution is -2.38. The molecule has 8 heteroatoms. The van der Waals surface area contributed by atoms with Crippen molar-refractivity contribution < 1.29 is 23.5 Å². The molecule has 0 radical (unpaired) electrons. The average Bonchev–Trinajstić information content (AvgIpc) is 3.29. The Hall–Kier alpha value is -3.03. The summed E-state index contributed by atoms with van der Waals surface area (Å²) in [6, 6.07) is 8.00. The smallest absolute Gasteiger partial charge is 0.360 e. The Bertz CT molecular complexity index is 802. The molecule has 1 saturated heterocycles. The lowest BCUT2D eigenvalue weighted by atomic mass is 9.94. The molecule has 1 aliphatic rings. The summed E-state index contributed by atoms with van der Waals surface area (Å²) in [4.78, 5) is 29.6. The number of oxazole rings is 1. The summed E-state index contributed by atoms with van der Waals surface area (Å²) in [6.07, 6.45) is 1.29. The molecule has 0 spiro atoms. The van der Waals surface area contributed by atoms with Gasteiger partial charge in [0.25, 0.3) is 6.01 Å². The number of hydrogen-bond donors (Lipinski definition) is 1. The SMILES string of the molecule is CCOC(=O)c1coc(N2CC(NC(C)=O)C(c3ccc(OC)cc3)C2)n1. The Morgan fingerprint density at radius 1 is 1.30 bits per heavy atom. The molecule has 2 heterocycles. The number of hydrogen-bond acceptors (Lipinski definition) is 7. The zero-order valence-electron chi connectivity index (χ0n) is 15.6. The standard InChI is InChI=1S/C19H23N3O5/c1-4-26-18(24)17-11-27-19(21-17)22-9-15(16(10-22)20-12(2)23)13-5-7-14(25-3)8-6-13/h5-8,11,15-16H,4,9-10H2,1-3H3,(H,20,23). The summed E-state index contributed by atoms with van der Waals surface area (Å²) >= 11 is 0. The van der Waals surface area contributed by atoms with E-state index >= 15 is 0 Å². The van der Waals surface area contributed by atoms with Gasteiger partial charge in [-0.3, -0.25) is 4.79 Å². The lowest BCUT2D eigenvalue weighted by molar-refractivity contribution is -0.119. The maximum atomic E-state index is 11.8. The number of nitrogens with one attached hydrogen (secondary N) is 1. The van der Waals surface area contributed by atoms with E-state index in [0.717, 1.165) is 11.3 Å². The van der Waals surface area contributed by atoms with Crippen LogP contribution < -0.4 is 15.0 Å². The second-order valence-corrected chi connectivity index (χ2v) is 6.33. The summed E-state index contributed by atoms with van der Waals surface area (Å²) in [5.41, 5.74) is 1.21. The van der Waals surface area contributed by atoms with E-state index in [-0.39, 0.29) is 30.2 Å². The maximum absolute atomic E-state index is 11.8. The van der Waals surface area contributed by atoms with Gasteiger partial charge in [-0.05, 0) is 24.6 Å². The van der Waals surface area contributed by atoms with Crippen molar-refractivity contribution in [2.45, 2.75) is 25.8 Å². The Morgan fingerprint density at radius 2 is 2.04 bits per heavy atom. The Balaban J connectivity index is 1.80. The molecule has 3 rings (SSSR count). The van der Waals surface area contributed by atoms with Crippen molar-refractivity contribution in [2.75, 3.05) is 31.7 Å². The van der Waals surface area contributed by atoms with Gasteiger partial charge < -0.3 is 24.1 Å². The number of methoxy groups -OCH3 is 1. The van der Waals surface area contributed by atoms with E-state index in [1.165, 1.54) is 13.2 Å². The number of carbonyl (C=O) groups excluding carboxylic acids is 2. The molecule has 0 bridgehead atoms. The molecule has 1 amide bonds. The van der Waals surface area contributed by atoms with Crippen molar-refractivity contribution in [3.63, 3.8) is 0 Å². The highest BCUT2D eigenvalue weighted by atomic mass is 16.5. The van der Waals surface area contributed by atoms with Gasteiger partial charge in [0.1, 0.15) is 12.0 Å².